The minimum Gasteiger partial charge on any atom is -0.164 e. The molecule has 2 aromatic rings. The van der Waals surface area contributed by atoms with Crippen molar-refractivity contribution in [1.29, 1.82) is 0 Å². The molecule has 0 spiro atoms. The molecule has 1 aromatic carbocycles. The summed E-state index contributed by atoms with van der Waals surface area (Å²) in [6.07, 6.45) is -4.57. The van der Waals surface area contributed by atoms with Gasteiger partial charge < -0.3 is 0 Å². The van der Waals surface area contributed by atoms with Crippen molar-refractivity contribution in [2.45, 2.75) is 6.18 Å². The van der Waals surface area contributed by atoms with Crippen LogP contribution in [0.1, 0.15) is 5.69 Å². The van der Waals surface area contributed by atoms with Crippen LogP contribution in [-0.4, -0.2) is 14.5 Å². The predicted octanol–water partition coefficient (Wildman–Crippen LogP) is 2.97. The summed E-state index contributed by atoms with van der Waals surface area (Å²) in [5.41, 5.74) is -1.03. The molecule has 0 saturated heterocycles. The number of benzene rings is 1. The van der Waals surface area contributed by atoms with Crippen LogP contribution >= 0.6 is 11.8 Å². The Hall–Kier alpha value is -1.56. The largest absolute Gasteiger partial charge is 0.437 e. The number of rotatable bonds is 1. The molecule has 0 atom stereocenters. The van der Waals surface area contributed by atoms with Crippen molar-refractivity contribution in [3.05, 3.63) is 36.0 Å². The lowest BCUT2D eigenvalue weighted by atomic mass is 10.1. The smallest absolute Gasteiger partial charge is 0.164 e. The molecule has 7 heteroatoms. The van der Waals surface area contributed by atoms with Gasteiger partial charge in [-0.25, -0.2) is 0 Å². The van der Waals surface area contributed by atoms with Crippen LogP contribution in [0.15, 0.2) is 30.3 Å². The summed E-state index contributed by atoms with van der Waals surface area (Å²) < 4.78 is 38.3. The summed E-state index contributed by atoms with van der Waals surface area (Å²) in [5.74, 6) is 0. The molecule has 0 aliphatic carbocycles. The molecule has 0 aliphatic heterocycles. The first-order valence-electron chi connectivity index (χ1n) is 4.24. The first-order valence-corrected chi connectivity index (χ1v) is 4.58. The fraction of sp³-hybridized carbons (Fsp3) is 0.111. The third kappa shape index (κ3) is 1.88. The molecule has 0 unspecified atom stereocenters. The van der Waals surface area contributed by atoms with Crippen molar-refractivity contribution in [2.75, 3.05) is 0 Å². The quantitative estimate of drug-likeness (QED) is 0.776. The normalized spacial score (nSPS) is 11.8. The molecule has 0 saturated carbocycles. The molecule has 0 bridgehead atoms. The van der Waals surface area contributed by atoms with Crippen LogP contribution in [0.2, 0.25) is 0 Å². The Bertz CT molecular complexity index is 492. The van der Waals surface area contributed by atoms with E-state index in [0.29, 0.717) is 9.76 Å². The molecule has 0 radical (unpaired) electrons. The second-order valence-electron chi connectivity index (χ2n) is 3.01. The van der Waals surface area contributed by atoms with Crippen molar-refractivity contribution in [3.8, 4) is 11.3 Å². The number of hydrogen-bond acceptors (Lipinski definition) is 2. The SMILES string of the molecule is FC(F)(F)c1nnn(Cl)c1-c1ccccc1. The van der Waals surface area contributed by atoms with Gasteiger partial charge in [0.2, 0.25) is 0 Å². The molecule has 0 amide bonds. The van der Waals surface area contributed by atoms with E-state index < -0.39 is 11.9 Å². The summed E-state index contributed by atoms with van der Waals surface area (Å²) in [7, 11) is 0. The number of hydrogen-bond donors (Lipinski definition) is 0. The predicted molar refractivity (Wildman–Crippen MR) is 51.7 cm³/mol. The maximum atomic E-state index is 12.6. The van der Waals surface area contributed by atoms with E-state index in [9.17, 15) is 13.2 Å². The average Bonchev–Trinajstić information content (AvgIpc) is 2.61. The highest BCUT2D eigenvalue weighted by Crippen LogP contribution is 2.35. The van der Waals surface area contributed by atoms with Crippen LogP contribution in [-0.2, 0) is 6.18 Å². The summed E-state index contributed by atoms with van der Waals surface area (Å²) in [6, 6.07) is 7.93. The zero-order valence-electron chi connectivity index (χ0n) is 7.74. The van der Waals surface area contributed by atoms with Gasteiger partial charge in [-0.05, 0) is 5.21 Å². The molecule has 0 fully saturated rings. The molecule has 0 N–H and O–H groups in total. The van der Waals surface area contributed by atoms with Crippen molar-refractivity contribution in [3.63, 3.8) is 0 Å². The van der Waals surface area contributed by atoms with Gasteiger partial charge in [0.25, 0.3) is 0 Å². The second kappa shape index (κ2) is 3.79. The van der Waals surface area contributed by atoms with Crippen LogP contribution in [0.25, 0.3) is 11.3 Å². The molecule has 1 aromatic heterocycles. The van der Waals surface area contributed by atoms with E-state index in [4.69, 9.17) is 11.8 Å². The van der Waals surface area contributed by atoms with Crippen LogP contribution < -0.4 is 0 Å². The van der Waals surface area contributed by atoms with Crippen LogP contribution in [0.4, 0.5) is 13.2 Å². The Kier molecular flexibility index (Phi) is 2.59. The van der Waals surface area contributed by atoms with Gasteiger partial charge in [0.05, 0.1) is 0 Å². The van der Waals surface area contributed by atoms with Crippen molar-refractivity contribution in [1.82, 2.24) is 14.5 Å². The standard InChI is InChI=1S/C9H5ClF3N3/c10-16-7(6-4-2-1-3-5-6)8(14-15-16)9(11,12)13/h1-5H. The van der Waals surface area contributed by atoms with Crippen molar-refractivity contribution < 1.29 is 13.2 Å². The summed E-state index contributed by atoms with van der Waals surface area (Å²) in [4.78, 5) is 0. The van der Waals surface area contributed by atoms with Crippen LogP contribution in [0.5, 0.6) is 0 Å². The van der Waals surface area contributed by atoms with E-state index >= 15 is 0 Å². The summed E-state index contributed by atoms with van der Waals surface area (Å²) in [5, 5.41) is 6.19. The summed E-state index contributed by atoms with van der Waals surface area (Å²) >= 11 is 5.53. The van der Waals surface area contributed by atoms with E-state index in [1.165, 1.54) is 12.1 Å². The van der Waals surface area contributed by atoms with E-state index in [0.717, 1.165) is 0 Å². The minimum absolute atomic E-state index is 0.255. The highest BCUT2D eigenvalue weighted by molar-refractivity contribution is 6.16. The molecule has 84 valence electrons. The second-order valence-corrected chi connectivity index (χ2v) is 3.33. The van der Waals surface area contributed by atoms with E-state index in [-0.39, 0.29) is 5.69 Å². The zero-order valence-corrected chi connectivity index (χ0v) is 8.50. The van der Waals surface area contributed by atoms with E-state index in [1.807, 2.05) is 0 Å². The molecule has 3 nitrogen and oxygen atoms in total. The van der Waals surface area contributed by atoms with Crippen LogP contribution in [0.3, 0.4) is 0 Å². The van der Waals surface area contributed by atoms with E-state index in [2.05, 4.69) is 10.3 Å². The lowest BCUT2D eigenvalue weighted by Crippen LogP contribution is -2.07. The Morgan fingerprint density at radius 1 is 1.12 bits per heavy atom. The Balaban J connectivity index is 2.61. The van der Waals surface area contributed by atoms with E-state index in [1.54, 1.807) is 18.2 Å². The third-order valence-corrected chi connectivity index (χ3v) is 2.18. The molecule has 1 heterocycles. The van der Waals surface area contributed by atoms with Crippen LogP contribution in [0, 0.1) is 0 Å². The topological polar surface area (TPSA) is 30.7 Å². The van der Waals surface area contributed by atoms with Gasteiger partial charge in [-0.3, -0.25) is 0 Å². The van der Waals surface area contributed by atoms with Gasteiger partial charge in [0.1, 0.15) is 5.69 Å². The Labute approximate surface area is 93.6 Å². The van der Waals surface area contributed by atoms with Crippen molar-refractivity contribution in [2.24, 2.45) is 0 Å². The van der Waals surface area contributed by atoms with Gasteiger partial charge in [-0.2, -0.15) is 17.4 Å². The van der Waals surface area contributed by atoms with Gasteiger partial charge in [-0.1, -0.05) is 30.3 Å². The first-order chi connectivity index (χ1) is 7.50. The zero-order chi connectivity index (χ0) is 11.8. The van der Waals surface area contributed by atoms with Crippen molar-refractivity contribution >= 4 is 11.8 Å². The number of nitrogens with zero attached hydrogens (tertiary/aromatic N) is 3. The first kappa shape index (κ1) is 10.9. The highest BCUT2D eigenvalue weighted by atomic mass is 35.5. The number of halogens is 4. The van der Waals surface area contributed by atoms with Gasteiger partial charge >= 0.3 is 6.18 Å². The maximum absolute atomic E-state index is 12.6. The maximum Gasteiger partial charge on any atom is 0.437 e. The van der Waals surface area contributed by atoms with Gasteiger partial charge in [0, 0.05) is 17.3 Å². The molecular formula is C9H5ClF3N3. The monoisotopic (exact) mass is 247 g/mol. The summed E-state index contributed by atoms with van der Waals surface area (Å²) in [6.45, 7) is 0. The molecule has 2 rings (SSSR count). The minimum atomic E-state index is -4.57. The highest BCUT2D eigenvalue weighted by Gasteiger charge is 2.39. The lowest BCUT2D eigenvalue weighted by Gasteiger charge is -2.05. The molecule has 16 heavy (non-hydrogen) atoms. The Morgan fingerprint density at radius 3 is 2.31 bits per heavy atom. The molecule has 0 aliphatic rings. The lowest BCUT2D eigenvalue weighted by molar-refractivity contribution is -0.140. The number of aromatic nitrogens is 3. The van der Waals surface area contributed by atoms with Gasteiger partial charge in [-0.15, -0.1) is 5.10 Å². The third-order valence-electron chi connectivity index (χ3n) is 1.95. The average molecular weight is 248 g/mol. The van der Waals surface area contributed by atoms with Gasteiger partial charge in [0.15, 0.2) is 5.69 Å². The fourth-order valence-electron chi connectivity index (χ4n) is 1.29. The number of alkyl halides is 3. The fourth-order valence-corrected chi connectivity index (χ4v) is 1.51. The Morgan fingerprint density at radius 2 is 1.75 bits per heavy atom. The molecular weight excluding hydrogens is 243 g/mol.